The lowest BCUT2D eigenvalue weighted by Gasteiger charge is -2.37. The van der Waals surface area contributed by atoms with Gasteiger partial charge in [0.1, 0.15) is 11.5 Å². The number of hydrogen-bond acceptors (Lipinski definition) is 7. The van der Waals surface area contributed by atoms with E-state index in [1.165, 1.54) is 11.1 Å². The Hall–Kier alpha value is -5.49. The maximum Gasteiger partial charge on any atom is 0.269 e. The summed E-state index contributed by atoms with van der Waals surface area (Å²) < 4.78 is 18.7. The normalized spacial score (nSPS) is 21.0. The van der Waals surface area contributed by atoms with E-state index in [0.717, 1.165) is 35.0 Å². The topological polar surface area (TPSA) is 109 Å². The number of benzene rings is 4. The molecule has 1 spiro atoms. The molecule has 4 atom stereocenters. The first kappa shape index (κ1) is 43.6. The molecule has 3 aliphatic rings. The predicted molar refractivity (Wildman–Crippen MR) is 243 cm³/mol. The molecule has 1 N–H and O–H groups in total. The lowest BCUT2D eigenvalue weighted by atomic mass is 9.82. The van der Waals surface area contributed by atoms with Crippen molar-refractivity contribution >= 4 is 48.0 Å². The zero-order valence-electron chi connectivity index (χ0n) is 36.5. The van der Waals surface area contributed by atoms with Gasteiger partial charge < -0.3 is 29.1 Å². The van der Waals surface area contributed by atoms with E-state index >= 15 is 4.79 Å². The fraction of sp³-hybridized carbons (Fsp3) is 0.380. The van der Waals surface area contributed by atoms with Crippen LogP contribution < -0.4 is 24.5 Å². The van der Waals surface area contributed by atoms with Crippen LogP contribution in [0.5, 0.6) is 11.5 Å². The van der Waals surface area contributed by atoms with Gasteiger partial charge in [0.25, 0.3) is 11.8 Å². The Morgan fingerprint density at radius 3 is 2.38 bits per heavy atom. The first-order chi connectivity index (χ1) is 29.3. The molecule has 0 aromatic heterocycles. The molecule has 1 saturated heterocycles. The average Bonchev–Trinajstić information content (AvgIpc) is 3.68. The molecule has 1 fully saturated rings. The van der Waals surface area contributed by atoms with E-state index in [2.05, 4.69) is 65.1 Å². The van der Waals surface area contributed by atoms with Gasteiger partial charge in [-0.15, -0.1) is 0 Å². The molecular weight excluding hydrogens is 783 g/mol. The number of carbonyl (C=O) groups is 3. The van der Waals surface area contributed by atoms with Crippen molar-refractivity contribution in [3.63, 3.8) is 0 Å². The number of aliphatic hydroxyl groups excluding tert-OH is 1. The number of fused-ring (bicyclic) bond motifs is 3. The van der Waals surface area contributed by atoms with Gasteiger partial charge in [-0.2, -0.15) is 0 Å². The van der Waals surface area contributed by atoms with Crippen molar-refractivity contribution in [3.8, 4) is 11.5 Å². The number of para-hydroxylation sites is 2. The molecule has 4 aromatic carbocycles. The van der Waals surface area contributed by atoms with Gasteiger partial charge in [-0.1, -0.05) is 103 Å². The van der Waals surface area contributed by atoms with Crippen molar-refractivity contribution in [2.24, 2.45) is 5.92 Å². The van der Waals surface area contributed by atoms with Crippen LogP contribution in [0.1, 0.15) is 58.1 Å². The van der Waals surface area contributed by atoms with E-state index < -0.39 is 19.8 Å². The zero-order chi connectivity index (χ0) is 43.5. The standard InChI is InChI=1S/C50H59N3O7Si/c1-34(2)14-13-15-35(3)26-27-52-42-25-20-38(53-43-18-11-12-19-44(43)59-33-47(53)56)30-41(42)50(49(52)57)36(4)48(61(6,7)40-23-21-39(58-5)22-24-40)45(60-50)31-46(55)51(28-29-54)32-37-16-9-8-10-17-37/h8-12,14,16-26,30,36,45,48,54H,13,15,27-29,31-33H2,1-7H3/b35-26+/t36-,45+,48-,50+/m0/s1. The molecule has 10 nitrogen and oxygen atoms in total. The second-order valence-corrected chi connectivity index (χ2v) is 22.0. The molecule has 0 unspecified atom stereocenters. The van der Waals surface area contributed by atoms with Crippen molar-refractivity contribution in [1.29, 1.82) is 0 Å². The lowest BCUT2D eigenvalue weighted by Crippen LogP contribution is -2.52. The summed E-state index contributed by atoms with van der Waals surface area (Å²) in [6.07, 6.45) is 5.52. The van der Waals surface area contributed by atoms with Gasteiger partial charge in [-0.3, -0.25) is 19.3 Å². The highest BCUT2D eigenvalue weighted by molar-refractivity contribution is 6.91. The summed E-state index contributed by atoms with van der Waals surface area (Å²) in [4.78, 5) is 49.0. The molecule has 3 amide bonds. The number of ether oxygens (including phenoxy) is 3. The van der Waals surface area contributed by atoms with Gasteiger partial charge >= 0.3 is 0 Å². The maximum atomic E-state index is 15.6. The van der Waals surface area contributed by atoms with Crippen LogP contribution in [0.2, 0.25) is 18.6 Å². The quantitative estimate of drug-likeness (QED) is 0.0946. The number of methoxy groups -OCH3 is 1. The third-order valence-corrected chi connectivity index (χ3v) is 17.2. The fourth-order valence-corrected chi connectivity index (χ4v) is 13.7. The number of aliphatic hydroxyl groups is 1. The monoisotopic (exact) mass is 841 g/mol. The Labute approximate surface area is 361 Å². The number of rotatable bonds is 15. The van der Waals surface area contributed by atoms with Crippen molar-refractivity contribution in [1.82, 2.24) is 4.90 Å². The largest absolute Gasteiger partial charge is 0.497 e. The molecule has 0 saturated carbocycles. The first-order valence-electron chi connectivity index (χ1n) is 21.3. The van der Waals surface area contributed by atoms with Gasteiger partial charge in [0.15, 0.2) is 12.2 Å². The number of carbonyl (C=O) groups excluding carboxylic acids is 3. The minimum atomic E-state index is -2.60. The van der Waals surface area contributed by atoms with Crippen LogP contribution in [-0.4, -0.2) is 75.3 Å². The summed E-state index contributed by atoms with van der Waals surface area (Å²) in [5, 5.41) is 11.3. The van der Waals surface area contributed by atoms with E-state index in [9.17, 15) is 14.7 Å². The second-order valence-electron chi connectivity index (χ2n) is 17.4. The van der Waals surface area contributed by atoms with Crippen molar-refractivity contribution in [2.45, 2.75) is 83.8 Å². The van der Waals surface area contributed by atoms with Gasteiger partial charge in [-0.05, 0) is 87.2 Å². The minimum absolute atomic E-state index is 0.0250. The Balaban J connectivity index is 1.35. The molecule has 7 rings (SSSR count). The van der Waals surface area contributed by atoms with Crippen LogP contribution in [0.3, 0.4) is 0 Å². The minimum Gasteiger partial charge on any atom is -0.497 e. The molecule has 4 aromatic rings. The van der Waals surface area contributed by atoms with E-state index in [1.54, 1.807) is 16.9 Å². The molecule has 3 heterocycles. The molecule has 61 heavy (non-hydrogen) atoms. The van der Waals surface area contributed by atoms with E-state index in [-0.39, 0.29) is 55.4 Å². The summed E-state index contributed by atoms with van der Waals surface area (Å²) in [6.45, 7) is 13.5. The molecular formula is C50H59N3O7Si. The van der Waals surface area contributed by atoms with Crippen molar-refractivity contribution in [2.75, 3.05) is 43.2 Å². The summed E-state index contributed by atoms with van der Waals surface area (Å²) in [5.74, 6) is 0.420. The summed E-state index contributed by atoms with van der Waals surface area (Å²) in [5.41, 5.74) is 4.39. The van der Waals surface area contributed by atoms with E-state index in [1.807, 2.05) is 89.8 Å². The summed E-state index contributed by atoms with van der Waals surface area (Å²) in [6, 6.07) is 31.1. The SMILES string of the molecule is COc1ccc([Si](C)(C)[C@@H]2[C@@H](CC(=O)N(CCO)Cc3ccccc3)O[C@]3(C(=O)N(C/C=C(\C)CCC=C(C)C)c4ccc(N5C(=O)COc6ccccc65)cc43)[C@H]2C)cc1. The molecule has 3 aliphatic heterocycles. The molecule has 0 bridgehead atoms. The molecule has 11 heteroatoms. The Bertz CT molecular complexity index is 2310. The molecule has 0 radical (unpaired) electrons. The third-order valence-electron chi connectivity index (χ3n) is 12.8. The van der Waals surface area contributed by atoms with Gasteiger partial charge in [0.2, 0.25) is 5.91 Å². The predicted octanol–water partition coefficient (Wildman–Crippen LogP) is 8.42. The number of allylic oxidation sites excluding steroid dienone is 3. The number of nitrogens with zero attached hydrogens (tertiary/aromatic N) is 3. The van der Waals surface area contributed by atoms with E-state index in [0.29, 0.717) is 35.8 Å². The number of hydrogen-bond donors (Lipinski definition) is 1. The molecule has 0 aliphatic carbocycles. The maximum absolute atomic E-state index is 15.6. The van der Waals surface area contributed by atoms with Gasteiger partial charge in [0, 0.05) is 36.8 Å². The van der Waals surface area contributed by atoms with Gasteiger partial charge in [0.05, 0.1) is 45.7 Å². The number of amides is 3. The zero-order valence-corrected chi connectivity index (χ0v) is 37.5. The second kappa shape index (κ2) is 18.2. The highest BCUT2D eigenvalue weighted by Gasteiger charge is 2.66. The van der Waals surface area contributed by atoms with Crippen LogP contribution >= 0.6 is 0 Å². The smallest absolute Gasteiger partial charge is 0.269 e. The van der Waals surface area contributed by atoms with Crippen LogP contribution in [-0.2, 0) is 31.3 Å². The van der Waals surface area contributed by atoms with E-state index in [4.69, 9.17) is 14.2 Å². The van der Waals surface area contributed by atoms with Crippen molar-refractivity contribution in [3.05, 3.63) is 131 Å². The molecule has 320 valence electrons. The Morgan fingerprint density at radius 1 is 0.951 bits per heavy atom. The lowest BCUT2D eigenvalue weighted by molar-refractivity contribution is -0.149. The van der Waals surface area contributed by atoms with Gasteiger partial charge in [-0.25, -0.2) is 0 Å². The van der Waals surface area contributed by atoms with Crippen LogP contribution in [0.15, 0.2) is 120 Å². The Kier molecular flexibility index (Phi) is 13.0. The van der Waals surface area contributed by atoms with Crippen LogP contribution in [0, 0.1) is 5.92 Å². The third kappa shape index (κ3) is 8.56. The fourth-order valence-electron chi connectivity index (χ4n) is 9.66. The Morgan fingerprint density at radius 2 is 1.67 bits per heavy atom. The number of anilines is 3. The van der Waals surface area contributed by atoms with Crippen LogP contribution in [0.4, 0.5) is 17.1 Å². The van der Waals surface area contributed by atoms with Crippen molar-refractivity contribution < 1.29 is 33.7 Å². The highest BCUT2D eigenvalue weighted by atomic mass is 28.3. The summed E-state index contributed by atoms with van der Waals surface area (Å²) in [7, 11) is -0.955. The summed E-state index contributed by atoms with van der Waals surface area (Å²) >= 11 is 0. The first-order valence-corrected chi connectivity index (χ1v) is 24.4. The highest BCUT2D eigenvalue weighted by Crippen LogP contribution is 2.60. The average molecular weight is 842 g/mol. The van der Waals surface area contributed by atoms with Crippen LogP contribution in [0.25, 0.3) is 0 Å².